The number of rotatable bonds is 2. The fourth-order valence-corrected chi connectivity index (χ4v) is 3.17. The zero-order valence-electron chi connectivity index (χ0n) is 8.53. The molecular formula is C10H15ClN2S. The van der Waals surface area contributed by atoms with E-state index in [2.05, 4.69) is 23.7 Å². The molecule has 0 aromatic carbocycles. The molecule has 0 amide bonds. The van der Waals surface area contributed by atoms with Gasteiger partial charge in [-0.05, 0) is 19.3 Å². The molecule has 0 spiro atoms. The van der Waals surface area contributed by atoms with Crippen LogP contribution in [0.25, 0.3) is 0 Å². The van der Waals surface area contributed by atoms with E-state index in [-0.39, 0.29) is 0 Å². The number of aromatic nitrogens is 1. The highest BCUT2D eigenvalue weighted by Crippen LogP contribution is 2.26. The standard InChI is InChI=1S/C10H15ClN2S/c1-7-3-8(2)13(5-7)6-9-4-12-10(11)14-9/h4,7-8H,3,5-6H2,1-2H3. The van der Waals surface area contributed by atoms with E-state index in [0.29, 0.717) is 10.5 Å². The Morgan fingerprint density at radius 2 is 2.43 bits per heavy atom. The Labute approximate surface area is 93.9 Å². The SMILES string of the molecule is CC1CC(C)N(Cc2cnc(Cl)s2)C1. The summed E-state index contributed by atoms with van der Waals surface area (Å²) in [7, 11) is 0. The van der Waals surface area contributed by atoms with Crippen LogP contribution < -0.4 is 0 Å². The van der Waals surface area contributed by atoms with E-state index in [1.807, 2.05) is 6.20 Å². The van der Waals surface area contributed by atoms with Gasteiger partial charge in [-0.3, -0.25) is 4.90 Å². The zero-order chi connectivity index (χ0) is 10.1. The first-order valence-electron chi connectivity index (χ1n) is 4.99. The molecule has 0 radical (unpaired) electrons. The number of likely N-dealkylation sites (tertiary alicyclic amines) is 1. The topological polar surface area (TPSA) is 16.1 Å². The normalized spacial score (nSPS) is 28.5. The van der Waals surface area contributed by atoms with Crippen molar-refractivity contribution in [2.75, 3.05) is 6.54 Å². The van der Waals surface area contributed by atoms with Crippen LogP contribution in [0.15, 0.2) is 6.20 Å². The fraction of sp³-hybridized carbons (Fsp3) is 0.700. The molecule has 1 aromatic heterocycles. The number of nitrogens with zero attached hydrogens (tertiary/aromatic N) is 2. The Morgan fingerprint density at radius 3 is 2.93 bits per heavy atom. The maximum Gasteiger partial charge on any atom is 0.183 e. The van der Waals surface area contributed by atoms with E-state index in [9.17, 15) is 0 Å². The predicted octanol–water partition coefficient (Wildman–Crippen LogP) is 3.03. The fourth-order valence-electron chi connectivity index (χ4n) is 2.16. The Hall–Kier alpha value is -0.120. The van der Waals surface area contributed by atoms with Crippen LogP contribution in [-0.4, -0.2) is 22.5 Å². The molecule has 2 heterocycles. The van der Waals surface area contributed by atoms with Crippen molar-refractivity contribution in [2.24, 2.45) is 5.92 Å². The lowest BCUT2D eigenvalue weighted by Crippen LogP contribution is -2.26. The lowest BCUT2D eigenvalue weighted by atomic mass is 10.1. The molecule has 0 N–H and O–H groups in total. The first-order valence-corrected chi connectivity index (χ1v) is 6.19. The van der Waals surface area contributed by atoms with E-state index in [0.717, 1.165) is 12.5 Å². The molecule has 1 saturated heterocycles. The van der Waals surface area contributed by atoms with Gasteiger partial charge in [-0.1, -0.05) is 18.5 Å². The van der Waals surface area contributed by atoms with Crippen LogP contribution in [0.1, 0.15) is 25.1 Å². The summed E-state index contributed by atoms with van der Waals surface area (Å²) in [5.74, 6) is 0.827. The molecule has 4 heteroatoms. The van der Waals surface area contributed by atoms with Crippen LogP contribution in [-0.2, 0) is 6.54 Å². The van der Waals surface area contributed by atoms with Crippen LogP contribution >= 0.6 is 22.9 Å². The molecule has 1 fully saturated rings. The minimum absolute atomic E-state index is 0.653. The van der Waals surface area contributed by atoms with Gasteiger partial charge in [0.25, 0.3) is 0 Å². The summed E-state index contributed by atoms with van der Waals surface area (Å²) >= 11 is 7.39. The van der Waals surface area contributed by atoms with E-state index in [1.54, 1.807) is 11.3 Å². The first-order chi connectivity index (χ1) is 6.65. The molecular weight excluding hydrogens is 216 g/mol. The van der Waals surface area contributed by atoms with Gasteiger partial charge in [-0.15, -0.1) is 11.3 Å². The second kappa shape index (κ2) is 4.17. The summed E-state index contributed by atoms with van der Waals surface area (Å²) in [5, 5.41) is 0. The predicted molar refractivity (Wildman–Crippen MR) is 60.8 cm³/mol. The number of thiazole rings is 1. The number of hydrogen-bond donors (Lipinski definition) is 0. The minimum atomic E-state index is 0.653. The molecule has 2 rings (SSSR count). The summed E-state index contributed by atoms with van der Waals surface area (Å²) < 4.78 is 0.653. The highest BCUT2D eigenvalue weighted by molar-refractivity contribution is 7.15. The number of hydrogen-bond acceptors (Lipinski definition) is 3. The smallest absolute Gasteiger partial charge is 0.183 e. The third-order valence-electron chi connectivity index (χ3n) is 2.80. The van der Waals surface area contributed by atoms with Gasteiger partial charge >= 0.3 is 0 Å². The second-order valence-corrected chi connectivity index (χ2v) is 5.90. The Bertz CT molecular complexity index is 313. The van der Waals surface area contributed by atoms with Crippen molar-refractivity contribution in [3.63, 3.8) is 0 Å². The molecule has 14 heavy (non-hydrogen) atoms. The molecule has 0 aliphatic carbocycles. The van der Waals surface area contributed by atoms with Gasteiger partial charge in [0.2, 0.25) is 0 Å². The first kappa shape index (κ1) is 10.4. The second-order valence-electron chi connectivity index (χ2n) is 4.20. The van der Waals surface area contributed by atoms with Crippen molar-refractivity contribution < 1.29 is 0 Å². The van der Waals surface area contributed by atoms with Crippen LogP contribution in [0.2, 0.25) is 4.47 Å². The van der Waals surface area contributed by atoms with Gasteiger partial charge in [-0.25, -0.2) is 4.98 Å². The van der Waals surface area contributed by atoms with Gasteiger partial charge in [-0.2, -0.15) is 0 Å². The van der Waals surface area contributed by atoms with Crippen molar-refractivity contribution in [2.45, 2.75) is 32.9 Å². The van der Waals surface area contributed by atoms with Gasteiger partial charge in [0.05, 0.1) is 0 Å². The Morgan fingerprint density at radius 1 is 1.64 bits per heavy atom. The van der Waals surface area contributed by atoms with Crippen molar-refractivity contribution in [3.05, 3.63) is 15.5 Å². The van der Waals surface area contributed by atoms with Crippen molar-refractivity contribution in [3.8, 4) is 0 Å². The third-order valence-corrected chi connectivity index (χ3v) is 3.90. The quantitative estimate of drug-likeness (QED) is 0.777. The summed E-state index contributed by atoms with van der Waals surface area (Å²) in [6.07, 6.45) is 3.20. The zero-order valence-corrected chi connectivity index (χ0v) is 10.1. The van der Waals surface area contributed by atoms with Crippen LogP contribution in [0.5, 0.6) is 0 Å². The molecule has 1 aromatic rings. The van der Waals surface area contributed by atoms with Gasteiger partial charge < -0.3 is 0 Å². The lowest BCUT2D eigenvalue weighted by Gasteiger charge is -2.19. The van der Waals surface area contributed by atoms with Crippen LogP contribution in [0.4, 0.5) is 0 Å². The number of halogens is 1. The monoisotopic (exact) mass is 230 g/mol. The largest absolute Gasteiger partial charge is 0.295 e. The van der Waals surface area contributed by atoms with Gasteiger partial charge in [0.1, 0.15) is 0 Å². The minimum Gasteiger partial charge on any atom is -0.295 e. The molecule has 1 aliphatic rings. The molecule has 2 unspecified atom stereocenters. The summed E-state index contributed by atoms with van der Waals surface area (Å²) in [4.78, 5) is 7.84. The van der Waals surface area contributed by atoms with E-state index in [4.69, 9.17) is 11.6 Å². The highest BCUT2D eigenvalue weighted by Gasteiger charge is 2.26. The van der Waals surface area contributed by atoms with E-state index >= 15 is 0 Å². The third kappa shape index (κ3) is 2.27. The lowest BCUT2D eigenvalue weighted by molar-refractivity contribution is 0.259. The van der Waals surface area contributed by atoms with Crippen molar-refractivity contribution in [1.29, 1.82) is 0 Å². The molecule has 0 bridgehead atoms. The Kier molecular flexibility index (Phi) is 3.10. The average molecular weight is 231 g/mol. The van der Waals surface area contributed by atoms with E-state index in [1.165, 1.54) is 17.8 Å². The van der Waals surface area contributed by atoms with Gasteiger partial charge in [0.15, 0.2) is 4.47 Å². The molecule has 78 valence electrons. The van der Waals surface area contributed by atoms with Crippen LogP contribution in [0, 0.1) is 5.92 Å². The van der Waals surface area contributed by atoms with Crippen molar-refractivity contribution in [1.82, 2.24) is 9.88 Å². The average Bonchev–Trinajstić information content (AvgIpc) is 2.61. The van der Waals surface area contributed by atoms with Gasteiger partial charge in [0, 0.05) is 30.2 Å². The maximum absolute atomic E-state index is 5.80. The van der Waals surface area contributed by atoms with Crippen molar-refractivity contribution >= 4 is 22.9 Å². The molecule has 2 atom stereocenters. The highest BCUT2D eigenvalue weighted by atomic mass is 35.5. The molecule has 2 nitrogen and oxygen atoms in total. The molecule has 0 saturated carbocycles. The summed E-state index contributed by atoms with van der Waals surface area (Å²) in [6.45, 7) is 6.83. The summed E-state index contributed by atoms with van der Waals surface area (Å²) in [6, 6.07) is 0.700. The summed E-state index contributed by atoms with van der Waals surface area (Å²) in [5.41, 5.74) is 0. The maximum atomic E-state index is 5.80. The molecule has 1 aliphatic heterocycles. The van der Waals surface area contributed by atoms with Crippen LogP contribution in [0.3, 0.4) is 0 Å². The van der Waals surface area contributed by atoms with E-state index < -0.39 is 0 Å². The Balaban J connectivity index is 1.98.